The van der Waals surface area contributed by atoms with Gasteiger partial charge in [-0.1, -0.05) is 278 Å². The number of ether oxygens (including phenoxy) is 4. The highest BCUT2D eigenvalue weighted by Gasteiger charge is 2.30. The highest BCUT2D eigenvalue weighted by Crippen LogP contribution is 2.45. The smallest absolute Gasteiger partial charge is 0.462 e. The van der Waals surface area contributed by atoms with Crippen molar-refractivity contribution < 1.29 is 80.2 Å². The Bertz CT molecular complexity index is 1600. The van der Waals surface area contributed by atoms with E-state index in [1.165, 1.54) is 135 Å². The standard InChI is InChI=1S/C64H124O17P2/c1-5-9-13-17-21-23-25-26-27-28-29-30-31-33-35-39-43-47-51-64(69)81-60(55-75-62(67)49-45-41-38-34-32-24-22-18-14-10-6-2)57-79-83(72,73)77-53-58(65)52-76-82(70,71)78-56-59(80-63(68)50-46-42-37-20-16-12-8-4)54-74-61(66)48-44-40-36-19-15-11-7-3/h58-60,65H,5-57H2,1-4H3,(H,70,71)(H,72,73)/t58-,59+,60+/m0/s1. The fourth-order valence-electron chi connectivity index (χ4n) is 9.63. The van der Waals surface area contributed by atoms with Crippen LogP contribution in [0.1, 0.15) is 329 Å². The van der Waals surface area contributed by atoms with Gasteiger partial charge in [-0.25, -0.2) is 9.13 Å². The van der Waals surface area contributed by atoms with Crippen LogP contribution in [0.2, 0.25) is 0 Å². The van der Waals surface area contributed by atoms with Gasteiger partial charge in [-0.05, 0) is 25.7 Å². The lowest BCUT2D eigenvalue weighted by molar-refractivity contribution is -0.161. The summed E-state index contributed by atoms with van der Waals surface area (Å²) in [4.78, 5) is 71.9. The first-order valence-electron chi connectivity index (χ1n) is 33.8. The first-order valence-corrected chi connectivity index (χ1v) is 36.8. The van der Waals surface area contributed by atoms with Gasteiger partial charge in [0.2, 0.25) is 0 Å². The summed E-state index contributed by atoms with van der Waals surface area (Å²) in [6.07, 6.45) is 44.7. The fourth-order valence-corrected chi connectivity index (χ4v) is 11.2. The predicted molar refractivity (Wildman–Crippen MR) is 331 cm³/mol. The van der Waals surface area contributed by atoms with Crippen LogP contribution in [-0.2, 0) is 65.4 Å². The zero-order valence-corrected chi connectivity index (χ0v) is 54.9. The number of unbranched alkanes of at least 4 members (excludes halogenated alkanes) is 39. The quantitative estimate of drug-likeness (QED) is 0.0222. The Morgan fingerprint density at radius 1 is 0.289 bits per heavy atom. The number of aliphatic hydroxyl groups is 1. The van der Waals surface area contributed by atoms with E-state index < -0.39 is 97.5 Å². The highest BCUT2D eigenvalue weighted by atomic mass is 31.2. The van der Waals surface area contributed by atoms with Gasteiger partial charge in [-0.2, -0.15) is 0 Å². The molecular weight excluding hydrogens is 1100 g/mol. The molecule has 492 valence electrons. The van der Waals surface area contributed by atoms with E-state index in [-0.39, 0.29) is 25.7 Å². The van der Waals surface area contributed by atoms with Gasteiger partial charge in [-0.15, -0.1) is 0 Å². The summed E-state index contributed by atoms with van der Waals surface area (Å²) in [6.45, 7) is 4.81. The molecule has 0 rings (SSSR count). The number of carbonyl (C=O) groups excluding carboxylic acids is 4. The molecule has 17 nitrogen and oxygen atoms in total. The molecule has 19 heteroatoms. The molecule has 0 aromatic carbocycles. The van der Waals surface area contributed by atoms with Crippen LogP contribution in [0.4, 0.5) is 0 Å². The number of carbonyl (C=O) groups is 4. The number of rotatable bonds is 65. The van der Waals surface area contributed by atoms with E-state index in [0.29, 0.717) is 25.7 Å². The second kappa shape index (κ2) is 59.0. The summed E-state index contributed by atoms with van der Waals surface area (Å²) in [6, 6.07) is 0. The molecule has 0 saturated heterocycles. The normalized spacial score (nSPS) is 14.2. The Hall–Kier alpha value is -1.94. The number of phosphoric acid groups is 2. The molecule has 83 heavy (non-hydrogen) atoms. The number of hydrogen-bond acceptors (Lipinski definition) is 15. The Morgan fingerprint density at radius 3 is 0.711 bits per heavy atom. The summed E-state index contributed by atoms with van der Waals surface area (Å²) < 4.78 is 67.8. The Kier molecular flexibility index (Phi) is 57.7. The topological polar surface area (TPSA) is 237 Å². The van der Waals surface area contributed by atoms with Crippen molar-refractivity contribution in [2.75, 3.05) is 39.6 Å². The van der Waals surface area contributed by atoms with Crippen LogP contribution in [-0.4, -0.2) is 96.7 Å². The maximum absolute atomic E-state index is 13.0. The molecule has 0 aromatic rings. The van der Waals surface area contributed by atoms with Gasteiger partial charge < -0.3 is 33.8 Å². The van der Waals surface area contributed by atoms with E-state index in [0.717, 1.165) is 116 Å². The van der Waals surface area contributed by atoms with E-state index in [1.807, 2.05) is 0 Å². The van der Waals surface area contributed by atoms with E-state index in [1.54, 1.807) is 0 Å². The number of aliphatic hydroxyl groups excluding tert-OH is 1. The molecule has 0 aromatic heterocycles. The van der Waals surface area contributed by atoms with Crippen molar-refractivity contribution >= 4 is 39.5 Å². The van der Waals surface area contributed by atoms with Gasteiger partial charge in [0.15, 0.2) is 12.2 Å². The number of hydrogen-bond donors (Lipinski definition) is 3. The lowest BCUT2D eigenvalue weighted by Crippen LogP contribution is -2.30. The van der Waals surface area contributed by atoms with E-state index in [4.69, 9.17) is 37.0 Å². The average molecular weight is 1230 g/mol. The molecule has 3 N–H and O–H groups in total. The second-order valence-electron chi connectivity index (χ2n) is 23.2. The Labute approximate surface area is 505 Å². The van der Waals surface area contributed by atoms with Crippen molar-refractivity contribution in [1.82, 2.24) is 0 Å². The molecule has 0 amide bonds. The summed E-state index contributed by atoms with van der Waals surface area (Å²) >= 11 is 0. The van der Waals surface area contributed by atoms with Crippen molar-refractivity contribution in [2.45, 2.75) is 348 Å². The fraction of sp³-hybridized carbons (Fsp3) is 0.938. The summed E-state index contributed by atoms with van der Waals surface area (Å²) in [5.41, 5.74) is 0. The van der Waals surface area contributed by atoms with Crippen LogP contribution in [0, 0.1) is 0 Å². The molecule has 2 unspecified atom stereocenters. The number of esters is 4. The summed E-state index contributed by atoms with van der Waals surface area (Å²) in [7, 11) is -9.87. The lowest BCUT2D eigenvalue weighted by atomic mass is 10.0. The van der Waals surface area contributed by atoms with Gasteiger partial charge in [0, 0.05) is 25.7 Å². The zero-order chi connectivity index (χ0) is 61.2. The molecule has 0 heterocycles. The minimum atomic E-state index is -4.94. The first-order chi connectivity index (χ1) is 40.2. The Balaban J connectivity index is 5.13. The van der Waals surface area contributed by atoms with Gasteiger partial charge in [0.05, 0.1) is 26.4 Å². The Morgan fingerprint density at radius 2 is 0.482 bits per heavy atom. The van der Waals surface area contributed by atoms with Crippen molar-refractivity contribution in [3.8, 4) is 0 Å². The third-order valence-electron chi connectivity index (χ3n) is 14.9. The van der Waals surface area contributed by atoms with Gasteiger partial charge in [0.1, 0.15) is 19.3 Å². The monoisotopic (exact) mass is 1230 g/mol. The SMILES string of the molecule is CCCCCCCCCCCCCCCCCCCCC(=O)O[C@H](COC(=O)CCCCCCCCCCCCC)COP(=O)(O)OC[C@@H](O)COP(=O)(O)OC[C@@H](COC(=O)CCCCCCCCC)OC(=O)CCCCCCCCC. The van der Waals surface area contributed by atoms with E-state index in [2.05, 4.69) is 27.7 Å². The zero-order valence-electron chi connectivity index (χ0n) is 53.2. The summed E-state index contributed by atoms with van der Waals surface area (Å²) in [5.74, 6) is -2.14. The van der Waals surface area contributed by atoms with Crippen molar-refractivity contribution in [3.05, 3.63) is 0 Å². The average Bonchev–Trinajstić information content (AvgIpc) is 3.47. The third kappa shape index (κ3) is 58.8. The summed E-state index contributed by atoms with van der Waals surface area (Å²) in [5, 5.41) is 10.5. The maximum Gasteiger partial charge on any atom is 0.472 e. The van der Waals surface area contributed by atoms with Gasteiger partial charge >= 0.3 is 39.5 Å². The molecule has 0 saturated carbocycles. The minimum absolute atomic E-state index is 0.104. The van der Waals surface area contributed by atoms with Crippen LogP contribution in [0.25, 0.3) is 0 Å². The van der Waals surface area contributed by atoms with E-state index >= 15 is 0 Å². The minimum Gasteiger partial charge on any atom is -0.462 e. The van der Waals surface area contributed by atoms with Gasteiger partial charge in [0.25, 0.3) is 0 Å². The van der Waals surface area contributed by atoms with Crippen molar-refractivity contribution in [2.24, 2.45) is 0 Å². The van der Waals surface area contributed by atoms with Crippen molar-refractivity contribution in [1.29, 1.82) is 0 Å². The highest BCUT2D eigenvalue weighted by molar-refractivity contribution is 7.47. The van der Waals surface area contributed by atoms with Crippen LogP contribution >= 0.6 is 15.6 Å². The number of phosphoric ester groups is 2. The molecule has 5 atom stereocenters. The molecule has 0 spiro atoms. The second-order valence-corrected chi connectivity index (χ2v) is 26.1. The molecule has 0 bridgehead atoms. The van der Waals surface area contributed by atoms with Gasteiger partial charge in [-0.3, -0.25) is 37.3 Å². The van der Waals surface area contributed by atoms with Crippen LogP contribution in [0.5, 0.6) is 0 Å². The molecular formula is C64H124O17P2. The van der Waals surface area contributed by atoms with E-state index in [9.17, 15) is 43.2 Å². The third-order valence-corrected chi connectivity index (χ3v) is 16.8. The first kappa shape index (κ1) is 81.1. The largest absolute Gasteiger partial charge is 0.472 e. The molecule has 0 aliphatic rings. The van der Waals surface area contributed by atoms with Crippen LogP contribution < -0.4 is 0 Å². The molecule has 0 radical (unpaired) electrons. The predicted octanol–water partition coefficient (Wildman–Crippen LogP) is 17.9. The lowest BCUT2D eigenvalue weighted by Gasteiger charge is -2.21. The molecule has 0 fully saturated rings. The van der Waals surface area contributed by atoms with Crippen LogP contribution in [0.15, 0.2) is 0 Å². The van der Waals surface area contributed by atoms with Crippen molar-refractivity contribution in [3.63, 3.8) is 0 Å². The maximum atomic E-state index is 13.0. The molecule has 0 aliphatic heterocycles. The van der Waals surface area contributed by atoms with Crippen LogP contribution in [0.3, 0.4) is 0 Å². The molecule has 0 aliphatic carbocycles.